The number of hydrogen-bond acceptors (Lipinski definition) is 5. The zero-order chi connectivity index (χ0) is 46.4. The van der Waals surface area contributed by atoms with E-state index in [4.69, 9.17) is 0 Å². The largest absolute Gasteiger partial charge is 0.338 e. The summed E-state index contributed by atoms with van der Waals surface area (Å²) in [5, 5.41) is 0. The first-order valence-corrected chi connectivity index (χ1v) is 29.2. The average molecular weight is 903 g/mol. The second kappa shape index (κ2) is 46.9. The van der Waals surface area contributed by atoms with E-state index in [1.165, 1.54) is 251 Å². The van der Waals surface area contributed by atoms with Crippen molar-refractivity contribution in [2.45, 2.75) is 272 Å². The Labute approximate surface area is 401 Å². The highest BCUT2D eigenvalue weighted by molar-refractivity contribution is 5.80. The van der Waals surface area contributed by atoms with Crippen LogP contribution in [-0.2, 0) is 9.59 Å². The molecule has 2 amide bonds. The Morgan fingerprint density at radius 3 is 0.703 bits per heavy atom. The second-order valence-electron chi connectivity index (χ2n) is 20.5. The minimum Gasteiger partial charge on any atom is -0.338 e. The van der Waals surface area contributed by atoms with Gasteiger partial charge in [-0.15, -0.1) is 0 Å². The van der Waals surface area contributed by atoms with Crippen molar-refractivity contribution < 1.29 is 9.59 Å². The summed E-state index contributed by atoms with van der Waals surface area (Å²) >= 11 is 0. The molecule has 0 saturated carbocycles. The van der Waals surface area contributed by atoms with Crippen molar-refractivity contribution in [2.75, 3.05) is 85.1 Å². The second-order valence-corrected chi connectivity index (χ2v) is 20.5. The van der Waals surface area contributed by atoms with Crippen molar-refractivity contribution in [3.8, 4) is 0 Å². The predicted molar refractivity (Wildman–Crippen MR) is 282 cm³/mol. The normalized spacial score (nSPS) is 13.4. The predicted octanol–water partition coefficient (Wildman–Crippen LogP) is 15.1. The Balaban J connectivity index is 2.79. The lowest BCUT2D eigenvalue weighted by atomic mass is 10.1. The van der Waals surface area contributed by atoms with E-state index in [9.17, 15) is 9.59 Å². The SMILES string of the molecule is CCCCCCCCCCCN(CCN(CCCCCCCCC)CCCCCCCCC)CC(=O)N1CCN(C(=O)CN(CCCCCCCCC)CCCCCCCCC)CC1. The molecule has 0 unspecified atom stereocenters. The monoisotopic (exact) mass is 902 g/mol. The summed E-state index contributed by atoms with van der Waals surface area (Å²) in [6.07, 6.45) is 49.3. The fourth-order valence-electron chi connectivity index (χ4n) is 9.76. The molecule has 64 heavy (non-hydrogen) atoms. The van der Waals surface area contributed by atoms with Crippen molar-refractivity contribution in [1.29, 1.82) is 0 Å². The van der Waals surface area contributed by atoms with Gasteiger partial charge in [-0.05, 0) is 64.8 Å². The average Bonchev–Trinajstić information content (AvgIpc) is 3.30. The van der Waals surface area contributed by atoms with Gasteiger partial charge in [-0.2, -0.15) is 0 Å². The van der Waals surface area contributed by atoms with E-state index in [1.54, 1.807) is 0 Å². The molecule has 0 aromatic rings. The molecule has 0 bridgehead atoms. The van der Waals surface area contributed by atoms with Crippen LogP contribution < -0.4 is 0 Å². The summed E-state index contributed by atoms with van der Waals surface area (Å²) in [5.74, 6) is 0.542. The molecular formula is C57H115N5O2. The molecule has 1 aliphatic rings. The number of carbonyl (C=O) groups is 2. The number of piperazine rings is 1. The van der Waals surface area contributed by atoms with Gasteiger partial charge in [0.15, 0.2) is 0 Å². The Kier molecular flexibility index (Phi) is 44.6. The summed E-state index contributed by atoms with van der Waals surface area (Å²) in [7, 11) is 0. The van der Waals surface area contributed by atoms with Gasteiger partial charge in [-0.25, -0.2) is 0 Å². The molecule has 0 aromatic carbocycles. The molecule has 0 radical (unpaired) electrons. The maximum Gasteiger partial charge on any atom is 0.236 e. The van der Waals surface area contributed by atoms with E-state index >= 15 is 0 Å². The Morgan fingerprint density at radius 1 is 0.266 bits per heavy atom. The topological polar surface area (TPSA) is 50.3 Å². The molecule has 1 rings (SSSR count). The van der Waals surface area contributed by atoms with Gasteiger partial charge in [0.05, 0.1) is 13.1 Å². The summed E-state index contributed by atoms with van der Waals surface area (Å²) < 4.78 is 0. The van der Waals surface area contributed by atoms with Gasteiger partial charge < -0.3 is 14.7 Å². The minimum absolute atomic E-state index is 0.270. The molecule has 0 aromatic heterocycles. The molecule has 0 atom stereocenters. The van der Waals surface area contributed by atoms with Crippen molar-refractivity contribution in [3.63, 3.8) is 0 Å². The van der Waals surface area contributed by atoms with Crippen LogP contribution >= 0.6 is 0 Å². The number of nitrogens with zero attached hydrogens (tertiary/aromatic N) is 5. The third-order valence-corrected chi connectivity index (χ3v) is 14.3. The highest BCUT2D eigenvalue weighted by Gasteiger charge is 2.26. The Morgan fingerprint density at radius 2 is 0.453 bits per heavy atom. The summed E-state index contributed by atoms with van der Waals surface area (Å²) in [6, 6.07) is 0. The van der Waals surface area contributed by atoms with Crippen LogP contribution in [0, 0.1) is 0 Å². The molecule has 0 N–H and O–H groups in total. The third kappa shape index (κ3) is 36.9. The Hall–Kier alpha value is -1.18. The van der Waals surface area contributed by atoms with Crippen molar-refractivity contribution in [3.05, 3.63) is 0 Å². The highest BCUT2D eigenvalue weighted by atomic mass is 16.2. The van der Waals surface area contributed by atoms with Crippen LogP contribution in [0.15, 0.2) is 0 Å². The maximum absolute atomic E-state index is 14.0. The highest BCUT2D eigenvalue weighted by Crippen LogP contribution is 2.15. The number of unbranched alkanes of at least 4 members (excludes halogenated alkanes) is 32. The zero-order valence-electron chi connectivity index (χ0n) is 44.4. The molecule has 1 fully saturated rings. The molecule has 7 heteroatoms. The van der Waals surface area contributed by atoms with Crippen molar-refractivity contribution >= 4 is 11.8 Å². The van der Waals surface area contributed by atoms with Crippen LogP contribution in [0.2, 0.25) is 0 Å². The van der Waals surface area contributed by atoms with E-state index in [0.717, 1.165) is 32.7 Å². The molecule has 7 nitrogen and oxygen atoms in total. The summed E-state index contributed by atoms with van der Waals surface area (Å²) in [5.41, 5.74) is 0. The van der Waals surface area contributed by atoms with E-state index in [0.29, 0.717) is 39.3 Å². The summed E-state index contributed by atoms with van der Waals surface area (Å²) in [4.78, 5) is 39.7. The number of rotatable bonds is 49. The fourth-order valence-corrected chi connectivity index (χ4v) is 9.76. The molecule has 1 saturated heterocycles. The van der Waals surface area contributed by atoms with Gasteiger partial charge in [0.25, 0.3) is 0 Å². The molecule has 380 valence electrons. The molecule has 0 spiro atoms. The first-order valence-electron chi connectivity index (χ1n) is 29.2. The first-order chi connectivity index (χ1) is 31.5. The van der Waals surface area contributed by atoms with Gasteiger partial charge >= 0.3 is 0 Å². The van der Waals surface area contributed by atoms with Crippen LogP contribution in [0.3, 0.4) is 0 Å². The van der Waals surface area contributed by atoms with Gasteiger partial charge in [0, 0.05) is 39.3 Å². The van der Waals surface area contributed by atoms with Crippen LogP contribution in [-0.4, -0.2) is 121 Å². The molecule has 1 heterocycles. The van der Waals surface area contributed by atoms with Crippen LogP contribution in [0.25, 0.3) is 0 Å². The van der Waals surface area contributed by atoms with Crippen LogP contribution in [0.1, 0.15) is 272 Å². The third-order valence-electron chi connectivity index (χ3n) is 14.3. The lowest BCUT2D eigenvalue weighted by Gasteiger charge is -2.37. The molecular weight excluding hydrogens is 787 g/mol. The molecule has 0 aliphatic carbocycles. The quantitative estimate of drug-likeness (QED) is 0.0570. The number of hydrogen-bond donors (Lipinski definition) is 0. The van der Waals surface area contributed by atoms with Gasteiger partial charge in [0.1, 0.15) is 0 Å². The van der Waals surface area contributed by atoms with E-state index in [1.807, 2.05) is 0 Å². The zero-order valence-corrected chi connectivity index (χ0v) is 44.4. The maximum atomic E-state index is 14.0. The summed E-state index contributed by atoms with van der Waals surface area (Å²) in [6.45, 7) is 22.8. The van der Waals surface area contributed by atoms with Crippen LogP contribution in [0.4, 0.5) is 0 Å². The van der Waals surface area contributed by atoms with Gasteiger partial charge in [0.2, 0.25) is 11.8 Å². The number of amides is 2. The number of carbonyl (C=O) groups excluding carboxylic acids is 2. The van der Waals surface area contributed by atoms with E-state index in [-0.39, 0.29) is 11.8 Å². The van der Waals surface area contributed by atoms with E-state index < -0.39 is 0 Å². The van der Waals surface area contributed by atoms with Crippen molar-refractivity contribution in [2.24, 2.45) is 0 Å². The van der Waals surface area contributed by atoms with E-state index in [2.05, 4.69) is 59.1 Å². The minimum atomic E-state index is 0.270. The smallest absolute Gasteiger partial charge is 0.236 e. The van der Waals surface area contributed by atoms with Crippen LogP contribution in [0.5, 0.6) is 0 Å². The lowest BCUT2D eigenvalue weighted by molar-refractivity contribution is -0.140. The van der Waals surface area contributed by atoms with Crippen molar-refractivity contribution in [1.82, 2.24) is 24.5 Å². The first kappa shape index (κ1) is 60.8. The fraction of sp³-hybridized carbons (Fsp3) is 0.965. The van der Waals surface area contributed by atoms with Gasteiger partial charge in [-0.3, -0.25) is 19.4 Å². The lowest BCUT2D eigenvalue weighted by Crippen LogP contribution is -2.54. The van der Waals surface area contributed by atoms with Gasteiger partial charge in [-0.1, -0.05) is 240 Å². The standard InChI is InChI=1S/C57H115N5O2/c1-6-11-16-21-26-27-32-37-42-47-60(49-48-58(43-38-33-28-22-17-12-7-2)44-39-34-29-23-18-13-8-3)55-57(64)62-52-50-61(51-53-62)56(63)54-59(45-40-35-30-24-19-14-9-4)46-41-36-31-25-20-15-10-5/h6-55H2,1-5H3. The molecule has 1 aliphatic heterocycles. The Bertz CT molecular complexity index is 951.